The Labute approximate surface area is 166 Å². The van der Waals surface area contributed by atoms with Crippen molar-refractivity contribution in [3.8, 4) is 0 Å². The Bertz CT molecular complexity index is 974. The number of carbonyl (C=O) groups excluding carboxylic acids is 1. The number of aryl methyl sites for hydroxylation is 1. The van der Waals surface area contributed by atoms with Gasteiger partial charge in [-0.15, -0.1) is 0 Å². The summed E-state index contributed by atoms with van der Waals surface area (Å²) >= 11 is 0. The van der Waals surface area contributed by atoms with E-state index in [0.29, 0.717) is 11.4 Å². The number of halogens is 3. The molecule has 0 atom stereocenters. The average molecular weight is 400 g/mol. The maximum absolute atomic E-state index is 12.6. The number of alkyl halides is 3. The average Bonchev–Trinajstić information content (AvgIpc) is 2.68. The molecule has 0 amide bonds. The van der Waals surface area contributed by atoms with Gasteiger partial charge in [0.25, 0.3) is 0 Å². The number of para-hydroxylation sites is 1. The largest absolute Gasteiger partial charge is 0.416 e. The second-order valence-corrected chi connectivity index (χ2v) is 5.93. The van der Waals surface area contributed by atoms with Crippen LogP contribution in [-0.4, -0.2) is 17.2 Å². The lowest BCUT2D eigenvalue weighted by molar-refractivity contribution is -0.137. The van der Waals surface area contributed by atoms with Gasteiger partial charge in [0, 0.05) is 18.0 Å². The third-order valence-corrected chi connectivity index (χ3v) is 3.81. The van der Waals surface area contributed by atoms with Crippen molar-refractivity contribution in [1.82, 2.24) is 0 Å². The van der Waals surface area contributed by atoms with Crippen LogP contribution >= 0.6 is 0 Å². The predicted molar refractivity (Wildman–Crippen MR) is 109 cm³/mol. The molecule has 0 aromatic heterocycles. The minimum Gasteiger partial charge on any atom is -0.405 e. The van der Waals surface area contributed by atoms with Crippen LogP contribution in [0.25, 0.3) is 0 Å². The van der Waals surface area contributed by atoms with Gasteiger partial charge < -0.3 is 11.1 Å². The van der Waals surface area contributed by atoms with Crippen molar-refractivity contribution in [2.45, 2.75) is 13.1 Å². The van der Waals surface area contributed by atoms with Crippen LogP contribution in [0.1, 0.15) is 11.1 Å². The van der Waals surface area contributed by atoms with Crippen LogP contribution in [0.15, 0.2) is 78.1 Å². The first-order chi connectivity index (χ1) is 13.7. The molecule has 150 valence electrons. The van der Waals surface area contributed by atoms with E-state index in [1.807, 2.05) is 19.1 Å². The number of benzene rings is 2. The molecule has 0 fully saturated rings. The molecule has 0 saturated carbocycles. The van der Waals surface area contributed by atoms with E-state index in [0.717, 1.165) is 23.8 Å². The highest BCUT2D eigenvalue weighted by Gasteiger charge is 2.29. The highest BCUT2D eigenvalue weighted by Crippen LogP contribution is 2.29. The third kappa shape index (κ3) is 6.17. The fourth-order valence-corrected chi connectivity index (χ4v) is 2.26. The van der Waals surface area contributed by atoms with Gasteiger partial charge in [0.2, 0.25) is 5.78 Å². The van der Waals surface area contributed by atoms with Gasteiger partial charge in [-0.3, -0.25) is 10.2 Å². The molecule has 0 aliphatic rings. The number of carbonyl (C=O) groups is 1. The van der Waals surface area contributed by atoms with E-state index in [2.05, 4.69) is 10.3 Å². The zero-order valence-electron chi connectivity index (χ0n) is 15.5. The Morgan fingerprint density at radius 2 is 1.76 bits per heavy atom. The summed E-state index contributed by atoms with van der Waals surface area (Å²) in [6, 6.07) is 11.6. The molecule has 2 aromatic carbocycles. The second-order valence-electron chi connectivity index (χ2n) is 5.93. The fourth-order valence-electron chi connectivity index (χ4n) is 2.26. The van der Waals surface area contributed by atoms with Crippen LogP contribution in [0.5, 0.6) is 0 Å². The van der Waals surface area contributed by atoms with Crippen molar-refractivity contribution in [2.75, 3.05) is 5.32 Å². The number of nitrogens with zero attached hydrogens (tertiary/aromatic N) is 1. The first-order valence-electron chi connectivity index (χ1n) is 8.48. The summed E-state index contributed by atoms with van der Waals surface area (Å²) in [5, 5.41) is 10.8. The monoisotopic (exact) mass is 400 g/mol. The van der Waals surface area contributed by atoms with E-state index in [4.69, 9.17) is 11.1 Å². The quantitative estimate of drug-likeness (QED) is 0.462. The normalized spacial score (nSPS) is 12.5. The first kappa shape index (κ1) is 21.6. The number of nitrogens with two attached hydrogens (primary N) is 1. The summed E-state index contributed by atoms with van der Waals surface area (Å²) in [7, 11) is 0. The molecule has 0 heterocycles. The van der Waals surface area contributed by atoms with Crippen molar-refractivity contribution in [3.63, 3.8) is 0 Å². The molecule has 0 unspecified atom stereocenters. The van der Waals surface area contributed by atoms with Gasteiger partial charge in [-0.05, 0) is 55.1 Å². The van der Waals surface area contributed by atoms with Gasteiger partial charge in [0.1, 0.15) is 5.71 Å². The number of hydrogen-bond donors (Lipinski definition) is 3. The molecule has 0 spiro atoms. The topological polar surface area (TPSA) is 91.3 Å². The van der Waals surface area contributed by atoms with Crippen LogP contribution in [0.2, 0.25) is 0 Å². The highest BCUT2D eigenvalue weighted by molar-refractivity contribution is 6.70. The van der Waals surface area contributed by atoms with Crippen LogP contribution in [0.3, 0.4) is 0 Å². The minimum atomic E-state index is -4.41. The molecule has 2 aromatic rings. The van der Waals surface area contributed by atoms with Gasteiger partial charge in [-0.1, -0.05) is 18.2 Å². The van der Waals surface area contributed by atoms with Crippen molar-refractivity contribution >= 4 is 28.6 Å². The second kappa shape index (κ2) is 9.50. The van der Waals surface area contributed by atoms with Gasteiger partial charge in [0.05, 0.1) is 17.0 Å². The van der Waals surface area contributed by atoms with Crippen molar-refractivity contribution < 1.29 is 18.0 Å². The predicted octanol–water partition coefficient (Wildman–Crippen LogP) is 4.77. The lowest BCUT2D eigenvalue weighted by atomic mass is 10.1. The molecule has 0 bridgehead atoms. The molecule has 0 saturated heterocycles. The Kier molecular flexibility index (Phi) is 7.08. The van der Waals surface area contributed by atoms with E-state index in [1.54, 1.807) is 12.1 Å². The molecule has 0 radical (unpaired) electrons. The summed E-state index contributed by atoms with van der Waals surface area (Å²) < 4.78 is 37.7. The third-order valence-electron chi connectivity index (χ3n) is 3.81. The van der Waals surface area contributed by atoms with Gasteiger partial charge in [-0.2, -0.15) is 13.2 Å². The van der Waals surface area contributed by atoms with Crippen LogP contribution in [0, 0.1) is 12.3 Å². The summed E-state index contributed by atoms with van der Waals surface area (Å²) in [5.41, 5.74) is 6.18. The van der Waals surface area contributed by atoms with E-state index in [1.165, 1.54) is 30.6 Å². The summed E-state index contributed by atoms with van der Waals surface area (Å²) in [6.45, 7) is 1.85. The first-order valence-corrected chi connectivity index (χ1v) is 8.48. The van der Waals surface area contributed by atoms with E-state index < -0.39 is 17.5 Å². The van der Waals surface area contributed by atoms with Gasteiger partial charge in [0.15, 0.2) is 0 Å². The smallest absolute Gasteiger partial charge is 0.405 e. The Morgan fingerprint density at radius 1 is 1.10 bits per heavy atom. The number of ketones is 1. The van der Waals surface area contributed by atoms with E-state index >= 15 is 0 Å². The van der Waals surface area contributed by atoms with Crippen molar-refractivity contribution in [1.29, 1.82) is 5.41 Å². The number of hydrogen-bond acceptors (Lipinski definition) is 5. The zero-order chi connectivity index (χ0) is 21.4. The lowest BCUT2D eigenvalue weighted by Gasteiger charge is -2.07. The fraction of sp³-hybridized carbons (Fsp3) is 0.0952. The van der Waals surface area contributed by atoms with Crippen LogP contribution in [-0.2, 0) is 11.0 Å². The molecular formula is C21H19F3N4O. The molecule has 29 heavy (non-hydrogen) atoms. The molecule has 5 nitrogen and oxygen atoms in total. The van der Waals surface area contributed by atoms with Crippen molar-refractivity contribution in [2.24, 2.45) is 10.7 Å². The van der Waals surface area contributed by atoms with Gasteiger partial charge in [-0.25, -0.2) is 4.99 Å². The lowest BCUT2D eigenvalue weighted by Crippen LogP contribution is -2.20. The Balaban J connectivity index is 2.10. The maximum atomic E-state index is 12.6. The maximum Gasteiger partial charge on any atom is 0.416 e. The van der Waals surface area contributed by atoms with E-state index in [9.17, 15) is 18.0 Å². The number of anilines is 1. The molecule has 2 rings (SSSR count). The molecule has 0 aliphatic carbocycles. The summed E-state index contributed by atoms with van der Waals surface area (Å²) in [6.07, 6.45) is 0.463. The minimum absolute atomic E-state index is 0.0889. The Morgan fingerprint density at radius 3 is 2.34 bits per heavy atom. The van der Waals surface area contributed by atoms with Crippen molar-refractivity contribution in [3.05, 3.63) is 84.2 Å². The summed E-state index contributed by atoms with van der Waals surface area (Å²) in [4.78, 5) is 16.6. The summed E-state index contributed by atoms with van der Waals surface area (Å²) in [5.74, 6) is -0.644. The molecule has 4 N–H and O–H groups in total. The number of allylic oxidation sites excluding steroid dienone is 2. The number of aliphatic imine (C=N–C) groups is 1. The highest BCUT2D eigenvalue weighted by atomic mass is 19.4. The van der Waals surface area contributed by atoms with Gasteiger partial charge >= 0.3 is 6.18 Å². The van der Waals surface area contributed by atoms with E-state index in [-0.39, 0.29) is 11.4 Å². The molecular weight excluding hydrogens is 381 g/mol. The number of nitrogens with one attached hydrogen (secondary N) is 2. The van der Waals surface area contributed by atoms with Crippen LogP contribution < -0.4 is 11.1 Å². The standard InChI is InChI=1S/C21H19F3N4O/c1-14-4-2-3-5-17(14)28-18(10-12-25)20(26)19(29)11-13-27-16-8-6-15(7-9-16)21(22,23)24/h2-13,26-27H,25H2,1H3. The number of rotatable bonds is 7. The molecule has 0 aliphatic heterocycles. The Hall–Kier alpha value is -3.68. The molecule has 8 heteroatoms. The SMILES string of the molecule is Cc1ccccc1N=C(C=CN)C(=N)C(=O)C=CNc1ccc(C(F)(F)F)cc1. The van der Waals surface area contributed by atoms with Crippen LogP contribution in [0.4, 0.5) is 24.5 Å². The zero-order valence-corrected chi connectivity index (χ0v) is 15.5.